The summed E-state index contributed by atoms with van der Waals surface area (Å²) in [5.74, 6) is -1.70. The number of halogens is 3. The van der Waals surface area contributed by atoms with Gasteiger partial charge in [-0.05, 0) is 72.6 Å². The maximum atomic E-state index is 14.5. The SMILES string of the molecule is O=C1CC[C@@H](C(=O)NC[C@H]2C[C@H](c3c(-c4ccc(F)cc4)[nH]c4c(F)cc(F)cc43)C2)N1. The Hall–Kier alpha value is -3.29. The van der Waals surface area contributed by atoms with Crippen molar-refractivity contribution >= 4 is 22.7 Å². The molecule has 0 spiro atoms. The number of nitrogens with one attached hydrogen (secondary N) is 3. The van der Waals surface area contributed by atoms with Crippen LogP contribution in [0.5, 0.6) is 0 Å². The molecule has 2 heterocycles. The van der Waals surface area contributed by atoms with Crippen LogP contribution in [0.15, 0.2) is 36.4 Å². The number of rotatable bonds is 5. The number of aromatic amines is 1. The van der Waals surface area contributed by atoms with E-state index >= 15 is 0 Å². The molecule has 5 nitrogen and oxygen atoms in total. The Kier molecular flexibility index (Phi) is 5.15. The molecule has 0 unspecified atom stereocenters. The van der Waals surface area contributed by atoms with Crippen LogP contribution in [0.1, 0.15) is 37.2 Å². The van der Waals surface area contributed by atoms with Crippen molar-refractivity contribution in [1.29, 1.82) is 0 Å². The second-order valence-electron chi connectivity index (χ2n) is 8.67. The lowest BCUT2D eigenvalue weighted by molar-refractivity contribution is -0.126. The van der Waals surface area contributed by atoms with Crippen molar-refractivity contribution in [3.63, 3.8) is 0 Å². The van der Waals surface area contributed by atoms with E-state index in [2.05, 4.69) is 15.6 Å². The van der Waals surface area contributed by atoms with Gasteiger partial charge >= 0.3 is 0 Å². The van der Waals surface area contributed by atoms with Gasteiger partial charge in [0.15, 0.2) is 0 Å². The molecule has 2 aliphatic rings. The lowest BCUT2D eigenvalue weighted by Crippen LogP contribution is -2.44. The highest BCUT2D eigenvalue weighted by Crippen LogP contribution is 2.48. The first kappa shape index (κ1) is 20.6. The number of carbonyl (C=O) groups excluding carboxylic acids is 2. The van der Waals surface area contributed by atoms with Crippen LogP contribution in [0.3, 0.4) is 0 Å². The maximum Gasteiger partial charge on any atom is 0.242 e. The van der Waals surface area contributed by atoms with Gasteiger partial charge in [-0.25, -0.2) is 13.2 Å². The van der Waals surface area contributed by atoms with Crippen molar-refractivity contribution in [2.24, 2.45) is 5.92 Å². The largest absolute Gasteiger partial charge is 0.354 e. The van der Waals surface area contributed by atoms with E-state index in [9.17, 15) is 22.8 Å². The minimum atomic E-state index is -0.670. The number of hydrogen-bond donors (Lipinski definition) is 3. The second-order valence-corrected chi connectivity index (χ2v) is 8.67. The molecule has 1 atom stereocenters. The number of fused-ring (bicyclic) bond motifs is 1. The molecule has 1 aromatic heterocycles. The lowest BCUT2D eigenvalue weighted by Gasteiger charge is -2.36. The zero-order valence-corrected chi connectivity index (χ0v) is 17.2. The number of benzene rings is 2. The van der Waals surface area contributed by atoms with E-state index in [1.807, 2.05) is 0 Å². The van der Waals surface area contributed by atoms with Crippen molar-refractivity contribution in [3.8, 4) is 11.3 Å². The van der Waals surface area contributed by atoms with Gasteiger partial charge in [-0.3, -0.25) is 9.59 Å². The fourth-order valence-electron chi connectivity index (χ4n) is 4.83. The molecule has 5 rings (SSSR count). The predicted molar refractivity (Wildman–Crippen MR) is 113 cm³/mol. The normalized spacial score (nSPS) is 22.6. The highest BCUT2D eigenvalue weighted by Gasteiger charge is 2.35. The molecule has 1 saturated carbocycles. The summed E-state index contributed by atoms with van der Waals surface area (Å²) < 4.78 is 41.9. The van der Waals surface area contributed by atoms with Crippen LogP contribution in [0.2, 0.25) is 0 Å². The smallest absolute Gasteiger partial charge is 0.242 e. The molecule has 166 valence electrons. The van der Waals surface area contributed by atoms with Crippen LogP contribution < -0.4 is 10.6 Å². The van der Waals surface area contributed by atoms with Crippen molar-refractivity contribution in [1.82, 2.24) is 15.6 Å². The average molecular weight is 441 g/mol. The summed E-state index contributed by atoms with van der Waals surface area (Å²) in [4.78, 5) is 26.6. The van der Waals surface area contributed by atoms with Gasteiger partial charge in [0, 0.05) is 24.4 Å². The number of hydrogen-bond acceptors (Lipinski definition) is 2. The van der Waals surface area contributed by atoms with E-state index in [0.29, 0.717) is 36.0 Å². The molecule has 2 amide bonds. The van der Waals surface area contributed by atoms with Gasteiger partial charge in [-0.1, -0.05) is 0 Å². The minimum Gasteiger partial charge on any atom is -0.354 e. The molecule has 2 fully saturated rings. The van der Waals surface area contributed by atoms with Crippen LogP contribution >= 0.6 is 0 Å². The van der Waals surface area contributed by atoms with E-state index < -0.39 is 17.7 Å². The zero-order valence-electron chi connectivity index (χ0n) is 17.2. The molecule has 8 heteroatoms. The molecular weight excluding hydrogens is 419 g/mol. The third-order valence-corrected chi connectivity index (χ3v) is 6.52. The molecule has 2 aromatic carbocycles. The molecular formula is C24H22F3N3O2. The summed E-state index contributed by atoms with van der Waals surface area (Å²) in [5, 5.41) is 6.04. The Balaban J connectivity index is 1.36. The van der Waals surface area contributed by atoms with Crippen LogP contribution in [0, 0.1) is 23.4 Å². The summed E-state index contributed by atoms with van der Waals surface area (Å²) in [6.07, 6.45) is 2.36. The maximum absolute atomic E-state index is 14.5. The number of aromatic nitrogens is 1. The summed E-state index contributed by atoms with van der Waals surface area (Å²) >= 11 is 0. The molecule has 1 aliphatic heterocycles. The van der Waals surface area contributed by atoms with Crippen LogP contribution in [-0.2, 0) is 9.59 Å². The van der Waals surface area contributed by atoms with E-state index in [-0.39, 0.29) is 35.0 Å². The van der Waals surface area contributed by atoms with Gasteiger partial charge in [0.25, 0.3) is 0 Å². The molecule has 1 saturated heterocycles. The quantitative estimate of drug-likeness (QED) is 0.557. The monoisotopic (exact) mass is 441 g/mol. The standard InChI is InChI=1S/C24H22F3N3O2/c25-15-3-1-13(2-4-15)22-21(17-9-16(26)10-18(27)23(17)30-22)14-7-12(8-14)11-28-24(32)19-5-6-20(31)29-19/h1-4,9-10,12,14,19,30H,5-8,11H2,(H,28,32)(H,29,31)/t12-,14-,19-/m0/s1. The Morgan fingerprint density at radius 1 is 1.06 bits per heavy atom. The Bertz CT molecular complexity index is 1200. The topological polar surface area (TPSA) is 74.0 Å². The van der Waals surface area contributed by atoms with Crippen molar-refractivity contribution in [3.05, 3.63) is 59.4 Å². The van der Waals surface area contributed by atoms with E-state index in [0.717, 1.165) is 24.5 Å². The van der Waals surface area contributed by atoms with E-state index in [1.54, 1.807) is 12.1 Å². The fourth-order valence-corrected chi connectivity index (χ4v) is 4.83. The highest BCUT2D eigenvalue weighted by molar-refractivity contribution is 5.92. The first-order chi connectivity index (χ1) is 15.4. The molecule has 3 aromatic rings. The molecule has 0 radical (unpaired) electrons. The Morgan fingerprint density at radius 2 is 1.81 bits per heavy atom. The summed E-state index contributed by atoms with van der Waals surface area (Å²) in [6.45, 7) is 0.485. The van der Waals surface area contributed by atoms with Gasteiger partial charge in [0.1, 0.15) is 23.5 Å². The highest BCUT2D eigenvalue weighted by atomic mass is 19.1. The van der Waals surface area contributed by atoms with Gasteiger partial charge in [-0.15, -0.1) is 0 Å². The number of amides is 2. The van der Waals surface area contributed by atoms with Gasteiger partial charge < -0.3 is 15.6 Å². The van der Waals surface area contributed by atoms with Crippen molar-refractivity contribution in [2.45, 2.75) is 37.6 Å². The third-order valence-electron chi connectivity index (χ3n) is 6.52. The first-order valence-electron chi connectivity index (χ1n) is 10.7. The Morgan fingerprint density at radius 3 is 2.50 bits per heavy atom. The second kappa shape index (κ2) is 8.00. The fraction of sp³-hybridized carbons (Fsp3) is 0.333. The summed E-state index contributed by atoms with van der Waals surface area (Å²) in [6, 6.07) is 7.61. The minimum absolute atomic E-state index is 0.0538. The number of H-pyrrole nitrogens is 1. The van der Waals surface area contributed by atoms with Gasteiger partial charge in [0.05, 0.1) is 11.2 Å². The predicted octanol–water partition coefficient (Wildman–Crippen LogP) is 4.14. The van der Waals surface area contributed by atoms with E-state index in [1.165, 1.54) is 18.2 Å². The van der Waals surface area contributed by atoms with Crippen LogP contribution in [-0.4, -0.2) is 29.4 Å². The molecule has 0 bridgehead atoms. The first-order valence-corrected chi connectivity index (χ1v) is 10.7. The third kappa shape index (κ3) is 3.74. The molecule has 32 heavy (non-hydrogen) atoms. The van der Waals surface area contributed by atoms with Gasteiger partial charge in [0.2, 0.25) is 11.8 Å². The Labute approximate surface area is 182 Å². The summed E-state index contributed by atoms with van der Waals surface area (Å²) in [7, 11) is 0. The summed E-state index contributed by atoms with van der Waals surface area (Å²) in [5.41, 5.74) is 2.40. The van der Waals surface area contributed by atoms with Crippen LogP contribution in [0.4, 0.5) is 13.2 Å². The molecule has 1 aliphatic carbocycles. The average Bonchev–Trinajstić information content (AvgIpc) is 3.32. The van der Waals surface area contributed by atoms with Crippen molar-refractivity contribution < 1.29 is 22.8 Å². The van der Waals surface area contributed by atoms with E-state index in [4.69, 9.17) is 0 Å². The van der Waals surface area contributed by atoms with Crippen LogP contribution in [0.25, 0.3) is 22.2 Å². The molecule has 3 N–H and O–H groups in total. The van der Waals surface area contributed by atoms with Crippen molar-refractivity contribution in [2.75, 3.05) is 6.54 Å². The van der Waals surface area contributed by atoms with Gasteiger partial charge in [-0.2, -0.15) is 0 Å². The number of carbonyl (C=O) groups is 2. The lowest BCUT2D eigenvalue weighted by atomic mass is 9.70. The zero-order chi connectivity index (χ0) is 22.4.